The standard InChI is InChI=1S/C13H10ClN3S/c14-10-7-6-9(18-10)13-16-11(12(15)17-13)8-4-2-1-3-5-8/h1-7H,15H2,(H,16,17). The van der Waals surface area contributed by atoms with Gasteiger partial charge < -0.3 is 10.7 Å². The van der Waals surface area contributed by atoms with Crippen LogP contribution in [0.1, 0.15) is 0 Å². The molecule has 0 bridgehead atoms. The van der Waals surface area contributed by atoms with Gasteiger partial charge >= 0.3 is 0 Å². The second kappa shape index (κ2) is 4.48. The van der Waals surface area contributed by atoms with Gasteiger partial charge in [0.05, 0.1) is 14.9 Å². The summed E-state index contributed by atoms with van der Waals surface area (Å²) in [5, 5.41) is 0. The van der Waals surface area contributed by atoms with E-state index in [0.717, 1.165) is 26.3 Å². The van der Waals surface area contributed by atoms with E-state index >= 15 is 0 Å². The molecule has 0 amide bonds. The summed E-state index contributed by atoms with van der Waals surface area (Å²) >= 11 is 7.39. The summed E-state index contributed by atoms with van der Waals surface area (Å²) in [4.78, 5) is 8.57. The van der Waals surface area contributed by atoms with E-state index in [2.05, 4.69) is 9.97 Å². The predicted octanol–water partition coefficient (Wildman–Crippen LogP) is 4.04. The third-order valence-electron chi connectivity index (χ3n) is 2.60. The van der Waals surface area contributed by atoms with Crippen molar-refractivity contribution in [1.29, 1.82) is 0 Å². The lowest BCUT2D eigenvalue weighted by atomic mass is 10.1. The van der Waals surface area contributed by atoms with Crippen molar-refractivity contribution < 1.29 is 0 Å². The topological polar surface area (TPSA) is 54.7 Å². The lowest BCUT2D eigenvalue weighted by Gasteiger charge is -1.97. The molecular weight excluding hydrogens is 266 g/mol. The van der Waals surface area contributed by atoms with Gasteiger partial charge in [-0.2, -0.15) is 0 Å². The number of benzene rings is 1. The number of nitrogens with zero attached hydrogens (tertiary/aromatic N) is 1. The molecule has 0 fully saturated rings. The molecule has 0 aliphatic carbocycles. The predicted molar refractivity (Wildman–Crippen MR) is 76.8 cm³/mol. The van der Waals surface area contributed by atoms with E-state index in [1.54, 1.807) is 0 Å². The van der Waals surface area contributed by atoms with Crippen LogP contribution < -0.4 is 5.73 Å². The molecule has 3 rings (SSSR count). The van der Waals surface area contributed by atoms with Gasteiger partial charge in [-0.1, -0.05) is 41.9 Å². The van der Waals surface area contributed by atoms with Crippen LogP contribution >= 0.6 is 22.9 Å². The molecule has 2 heterocycles. The van der Waals surface area contributed by atoms with Gasteiger partial charge in [-0.25, -0.2) is 4.98 Å². The second-order valence-electron chi connectivity index (χ2n) is 3.82. The zero-order valence-corrected chi connectivity index (χ0v) is 10.9. The number of hydrogen-bond acceptors (Lipinski definition) is 3. The monoisotopic (exact) mass is 275 g/mol. The fourth-order valence-corrected chi connectivity index (χ4v) is 2.76. The third kappa shape index (κ3) is 2.00. The Kier molecular flexibility index (Phi) is 2.81. The summed E-state index contributed by atoms with van der Waals surface area (Å²) in [5.41, 5.74) is 7.81. The zero-order valence-electron chi connectivity index (χ0n) is 9.35. The average Bonchev–Trinajstić information content (AvgIpc) is 2.97. The molecule has 0 saturated heterocycles. The van der Waals surface area contributed by atoms with Gasteiger partial charge in [-0.15, -0.1) is 11.3 Å². The molecular formula is C13H10ClN3S. The van der Waals surface area contributed by atoms with Crippen LogP contribution in [0.3, 0.4) is 0 Å². The van der Waals surface area contributed by atoms with E-state index < -0.39 is 0 Å². The van der Waals surface area contributed by atoms with Gasteiger partial charge in [0.25, 0.3) is 0 Å². The van der Waals surface area contributed by atoms with Crippen LogP contribution in [0.25, 0.3) is 22.0 Å². The van der Waals surface area contributed by atoms with Gasteiger partial charge in [-0.05, 0) is 12.1 Å². The van der Waals surface area contributed by atoms with Crippen molar-refractivity contribution in [2.24, 2.45) is 0 Å². The largest absolute Gasteiger partial charge is 0.382 e. The van der Waals surface area contributed by atoms with E-state index in [1.807, 2.05) is 42.5 Å². The quantitative estimate of drug-likeness (QED) is 0.741. The molecule has 2 aromatic heterocycles. The molecule has 90 valence electrons. The Morgan fingerprint density at radius 1 is 1.11 bits per heavy atom. The first-order chi connectivity index (χ1) is 8.74. The third-order valence-corrected chi connectivity index (χ3v) is 3.84. The molecule has 0 atom stereocenters. The van der Waals surface area contributed by atoms with Crippen LogP contribution in [0.15, 0.2) is 42.5 Å². The van der Waals surface area contributed by atoms with Crippen LogP contribution in [0, 0.1) is 0 Å². The van der Waals surface area contributed by atoms with Crippen molar-refractivity contribution in [2.45, 2.75) is 0 Å². The Bertz CT molecular complexity index is 673. The summed E-state index contributed by atoms with van der Waals surface area (Å²) < 4.78 is 0.737. The summed E-state index contributed by atoms with van der Waals surface area (Å²) in [6, 6.07) is 13.7. The van der Waals surface area contributed by atoms with Crippen molar-refractivity contribution in [1.82, 2.24) is 9.97 Å². The number of rotatable bonds is 2. The number of nitrogens with two attached hydrogens (primary N) is 1. The van der Waals surface area contributed by atoms with Gasteiger partial charge in [0.15, 0.2) is 0 Å². The van der Waals surface area contributed by atoms with Gasteiger partial charge in [0.1, 0.15) is 11.6 Å². The molecule has 0 radical (unpaired) electrons. The Labute approximate surface area is 113 Å². The number of thiophene rings is 1. The smallest absolute Gasteiger partial charge is 0.150 e. The molecule has 18 heavy (non-hydrogen) atoms. The van der Waals surface area contributed by atoms with Gasteiger partial charge in [-0.3, -0.25) is 0 Å². The fraction of sp³-hybridized carbons (Fsp3) is 0. The number of anilines is 1. The maximum Gasteiger partial charge on any atom is 0.150 e. The van der Waals surface area contributed by atoms with Crippen LogP contribution in [0.4, 0.5) is 5.82 Å². The Hall–Kier alpha value is -1.78. The van der Waals surface area contributed by atoms with E-state index in [-0.39, 0.29) is 0 Å². The van der Waals surface area contributed by atoms with E-state index in [1.165, 1.54) is 11.3 Å². The molecule has 0 spiro atoms. The van der Waals surface area contributed by atoms with Crippen LogP contribution in [0.5, 0.6) is 0 Å². The maximum atomic E-state index is 5.95. The molecule has 0 aliphatic heterocycles. The Morgan fingerprint density at radius 2 is 1.89 bits per heavy atom. The first-order valence-corrected chi connectivity index (χ1v) is 6.60. The number of aromatic amines is 1. The summed E-state index contributed by atoms with van der Waals surface area (Å²) in [5.74, 6) is 1.25. The molecule has 3 N–H and O–H groups in total. The summed E-state index contributed by atoms with van der Waals surface area (Å²) in [6.07, 6.45) is 0. The highest BCUT2D eigenvalue weighted by atomic mass is 35.5. The number of halogens is 1. The molecule has 0 aliphatic rings. The minimum Gasteiger partial charge on any atom is -0.382 e. The van der Waals surface area contributed by atoms with Crippen molar-refractivity contribution >= 4 is 28.8 Å². The minimum atomic E-state index is 0.501. The summed E-state index contributed by atoms with van der Waals surface area (Å²) in [7, 11) is 0. The maximum absolute atomic E-state index is 5.95. The highest BCUT2D eigenvalue weighted by Gasteiger charge is 2.11. The number of H-pyrrole nitrogens is 1. The van der Waals surface area contributed by atoms with E-state index in [4.69, 9.17) is 17.3 Å². The number of nitrogen functional groups attached to an aromatic ring is 1. The molecule has 5 heteroatoms. The summed E-state index contributed by atoms with van der Waals surface area (Å²) in [6.45, 7) is 0. The lowest BCUT2D eigenvalue weighted by molar-refractivity contribution is 1.33. The zero-order chi connectivity index (χ0) is 12.5. The van der Waals surface area contributed by atoms with Crippen molar-refractivity contribution in [3.05, 3.63) is 46.8 Å². The Morgan fingerprint density at radius 3 is 2.56 bits per heavy atom. The number of imidazole rings is 1. The first-order valence-electron chi connectivity index (χ1n) is 5.40. The van der Waals surface area contributed by atoms with Crippen molar-refractivity contribution in [2.75, 3.05) is 5.73 Å². The highest BCUT2D eigenvalue weighted by Crippen LogP contribution is 2.32. The van der Waals surface area contributed by atoms with Gasteiger partial charge in [0.2, 0.25) is 0 Å². The van der Waals surface area contributed by atoms with Crippen LogP contribution in [0.2, 0.25) is 4.34 Å². The molecule has 0 saturated carbocycles. The molecule has 3 nitrogen and oxygen atoms in total. The van der Waals surface area contributed by atoms with Crippen molar-refractivity contribution in [3.63, 3.8) is 0 Å². The SMILES string of the molecule is Nc1nc(-c2ccc(Cl)s2)[nH]c1-c1ccccc1. The van der Waals surface area contributed by atoms with Gasteiger partial charge in [0, 0.05) is 5.56 Å². The number of aromatic nitrogens is 2. The minimum absolute atomic E-state index is 0.501. The lowest BCUT2D eigenvalue weighted by Crippen LogP contribution is -1.87. The van der Waals surface area contributed by atoms with Crippen LogP contribution in [-0.4, -0.2) is 9.97 Å². The first kappa shape index (κ1) is 11.3. The Balaban J connectivity index is 2.06. The molecule has 1 aromatic carbocycles. The van der Waals surface area contributed by atoms with E-state index in [0.29, 0.717) is 5.82 Å². The molecule has 0 unspecified atom stereocenters. The molecule has 3 aromatic rings. The number of hydrogen-bond donors (Lipinski definition) is 2. The van der Waals surface area contributed by atoms with Crippen molar-refractivity contribution in [3.8, 4) is 22.0 Å². The van der Waals surface area contributed by atoms with E-state index in [9.17, 15) is 0 Å². The van der Waals surface area contributed by atoms with Crippen LogP contribution in [-0.2, 0) is 0 Å². The average molecular weight is 276 g/mol. The fourth-order valence-electron chi connectivity index (χ4n) is 1.77. The highest BCUT2D eigenvalue weighted by molar-refractivity contribution is 7.19. The number of nitrogens with one attached hydrogen (secondary N) is 1. The second-order valence-corrected chi connectivity index (χ2v) is 5.53. The normalized spacial score (nSPS) is 10.7.